The number of aryl methyl sites for hydroxylation is 1. The van der Waals surface area contributed by atoms with E-state index in [9.17, 15) is 9.59 Å². The third kappa shape index (κ3) is 5.43. The van der Waals surface area contributed by atoms with Crippen LogP contribution in [0.15, 0.2) is 30.3 Å². The lowest BCUT2D eigenvalue weighted by molar-refractivity contribution is -0.123. The first-order chi connectivity index (χ1) is 8.09. The van der Waals surface area contributed by atoms with E-state index in [1.165, 1.54) is 5.56 Å². The second-order valence-corrected chi connectivity index (χ2v) is 4.59. The molecule has 0 saturated heterocycles. The van der Waals surface area contributed by atoms with E-state index in [-0.39, 0.29) is 17.5 Å². The van der Waals surface area contributed by atoms with Crippen LogP contribution in [0.4, 0.5) is 0 Å². The minimum absolute atomic E-state index is 0.00242. The van der Waals surface area contributed by atoms with E-state index >= 15 is 0 Å². The van der Waals surface area contributed by atoms with Crippen LogP contribution < -0.4 is 0 Å². The Morgan fingerprint density at radius 1 is 1.12 bits per heavy atom. The fraction of sp³-hybridized carbons (Fsp3) is 0.467. The molecular weight excluding hydrogens is 212 g/mol. The maximum atomic E-state index is 11.8. The van der Waals surface area contributed by atoms with Crippen molar-refractivity contribution in [3.8, 4) is 0 Å². The first-order valence-corrected chi connectivity index (χ1v) is 6.15. The van der Waals surface area contributed by atoms with Gasteiger partial charge in [0.1, 0.15) is 11.6 Å². The number of rotatable bonds is 7. The molecule has 0 aliphatic carbocycles. The minimum atomic E-state index is 0.00242. The van der Waals surface area contributed by atoms with Crippen molar-refractivity contribution in [3.63, 3.8) is 0 Å². The summed E-state index contributed by atoms with van der Waals surface area (Å²) in [7, 11) is 0. The molecule has 0 fully saturated rings. The molecule has 0 radical (unpaired) electrons. The average molecular weight is 232 g/mol. The molecule has 1 aromatic carbocycles. The van der Waals surface area contributed by atoms with E-state index < -0.39 is 0 Å². The Balaban J connectivity index is 2.32. The van der Waals surface area contributed by atoms with Crippen molar-refractivity contribution in [2.24, 2.45) is 5.92 Å². The normalized spacial score (nSPS) is 12.1. The fourth-order valence-corrected chi connectivity index (χ4v) is 1.74. The zero-order valence-corrected chi connectivity index (χ0v) is 10.6. The highest BCUT2D eigenvalue weighted by atomic mass is 16.1. The first-order valence-electron chi connectivity index (χ1n) is 6.15. The highest BCUT2D eigenvalue weighted by Gasteiger charge is 2.13. The van der Waals surface area contributed by atoms with Gasteiger partial charge in [0.15, 0.2) is 0 Å². The van der Waals surface area contributed by atoms with Gasteiger partial charge in [-0.3, -0.25) is 4.79 Å². The van der Waals surface area contributed by atoms with E-state index in [2.05, 4.69) is 0 Å². The van der Waals surface area contributed by atoms with Gasteiger partial charge in [-0.25, -0.2) is 0 Å². The third-order valence-corrected chi connectivity index (χ3v) is 2.98. The molecule has 17 heavy (non-hydrogen) atoms. The Morgan fingerprint density at radius 3 is 2.35 bits per heavy atom. The molecule has 1 aromatic rings. The van der Waals surface area contributed by atoms with Crippen molar-refractivity contribution >= 4 is 11.6 Å². The summed E-state index contributed by atoms with van der Waals surface area (Å²) in [6, 6.07) is 10.0. The smallest absolute Gasteiger partial charge is 0.136 e. The van der Waals surface area contributed by atoms with Crippen LogP contribution >= 0.6 is 0 Å². The van der Waals surface area contributed by atoms with Gasteiger partial charge >= 0.3 is 0 Å². The van der Waals surface area contributed by atoms with Crippen molar-refractivity contribution in [3.05, 3.63) is 35.9 Å². The zero-order valence-electron chi connectivity index (χ0n) is 10.6. The van der Waals surface area contributed by atoms with Gasteiger partial charge < -0.3 is 4.79 Å². The summed E-state index contributed by atoms with van der Waals surface area (Å²) in [5.41, 5.74) is 1.19. The number of hydrogen-bond acceptors (Lipinski definition) is 2. The summed E-state index contributed by atoms with van der Waals surface area (Å²) in [5, 5.41) is 0. The van der Waals surface area contributed by atoms with Crippen LogP contribution in [0.25, 0.3) is 0 Å². The quantitative estimate of drug-likeness (QED) is 0.723. The van der Waals surface area contributed by atoms with Crippen molar-refractivity contribution in [1.29, 1.82) is 0 Å². The van der Waals surface area contributed by atoms with Gasteiger partial charge in [-0.2, -0.15) is 0 Å². The molecule has 0 N–H and O–H groups in total. The van der Waals surface area contributed by atoms with Gasteiger partial charge in [-0.15, -0.1) is 0 Å². The van der Waals surface area contributed by atoms with E-state index in [0.717, 1.165) is 6.42 Å². The molecule has 0 spiro atoms. The predicted molar refractivity (Wildman–Crippen MR) is 68.8 cm³/mol. The summed E-state index contributed by atoms with van der Waals surface area (Å²) >= 11 is 0. The molecule has 2 heteroatoms. The van der Waals surface area contributed by atoms with E-state index in [4.69, 9.17) is 0 Å². The highest BCUT2D eigenvalue weighted by Crippen LogP contribution is 2.12. The van der Waals surface area contributed by atoms with Crippen LogP contribution in [0.2, 0.25) is 0 Å². The lowest BCUT2D eigenvalue weighted by Crippen LogP contribution is -2.12. The Morgan fingerprint density at radius 2 is 1.76 bits per heavy atom. The van der Waals surface area contributed by atoms with E-state index in [0.29, 0.717) is 19.3 Å². The van der Waals surface area contributed by atoms with Gasteiger partial charge in [0, 0.05) is 18.8 Å². The standard InChI is InChI=1S/C15H20O2/c1-12(8-9-13(2)16)15(17)11-10-14-6-4-3-5-7-14/h3-7,12H,8-11H2,1-2H3. The summed E-state index contributed by atoms with van der Waals surface area (Å²) < 4.78 is 0. The molecule has 2 nitrogen and oxygen atoms in total. The highest BCUT2D eigenvalue weighted by molar-refractivity contribution is 5.82. The maximum Gasteiger partial charge on any atom is 0.136 e. The average Bonchev–Trinajstić information content (AvgIpc) is 2.34. The topological polar surface area (TPSA) is 34.1 Å². The van der Waals surface area contributed by atoms with Crippen LogP contribution in [-0.4, -0.2) is 11.6 Å². The number of hydrogen-bond donors (Lipinski definition) is 0. The number of carbonyl (C=O) groups is 2. The monoisotopic (exact) mass is 232 g/mol. The summed E-state index contributed by atoms with van der Waals surface area (Å²) in [6.45, 7) is 3.48. The fourth-order valence-electron chi connectivity index (χ4n) is 1.74. The zero-order chi connectivity index (χ0) is 12.7. The van der Waals surface area contributed by atoms with Crippen LogP contribution in [0.1, 0.15) is 38.7 Å². The number of carbonyl (C=O) groups excluding carboxylic acids is 2. The molecule has 0 saturated carbocycles. The van der Waals surface area contributed by atoms with Crippen LogP contribution in [-0.2, 0) is 16.0 Å². The van der Waals surface area contributed by atoms with E-state index in [1.54, 1.807) is 6.92 Å². The largest absolute Gasteiger partial charge is 0.300 e. The maximum absolute atomic E-state index is 11.8. The molecule has 0 heterocycles. The lowest BCUT2D eigenvalue weighted by Gasteiger charge is -2.09. The summed E-state index contributed by atoms with van der Waals surface area (Å²) in [4.78, 5) is 22.7. The van der Waals surface area contributed by atoms with Gasteiger partial charge in [-0.05, 0) is 25.3 Å². The Hall–Kier alpha value is -1.44. The first kappa shape index (κ1) is 13.6. The molecule has 0 aromatic heterocycles. The molecule has 0 aliphatic rings. The van der Waals surface area contributed by atoms with Crippen molar-refractivity contribution in [2.75, 3.05) is 0 Å². The number of benzene rings is 1. The van der Waals surface area contributed by atoms with Gasteiger partial charge in [-0.1, -0.05) is 37.3 Å². The van der Waals surface area contributed by atoms with Crippen LogP contribution in [0.3, 0.4) is 0 Å². The van der Waals surface area contributed by atoms with Crippen LogP contribution in [0, 0.1) is 5.92 Å². The summed E-state index contributed by atoms with van der Waals surface area (Å²) in [5.74, 6) is 0.422. The SMILES string of the molecule is CC(=O)CCC(C)C(=O)CCc1ccccc1. The second kappa shape index (κ2) is 7.00. The lowest BCUT2D eigenvalue weighted by atomic mass is 9.95. The van der Waals surface area contributed by atoms with Gasteiger partial charge in [0.05, 0.1) is 0 Å². The Kier molecular flexibility index (Phi) is 5.61. The molecule has 1 atom stereocenters. The van der Waals surface area contributed by atoms with E-state index in [1.807, 2.05) is 37.3 Å². The number of ketones is 2. The minimum Gasteiger partial charge on any atom is -0.300 e. The molecule has 0 amide bonds. The molecule has 0 aliphatic heterocycles. The molecule has 0 bridgehead atoms. The third-order valence-electron chi connectivity index (χ3n) is 2.98. The molecular formula is C15H20O2. The Bertz CT molecular complexity index is 368. The van der Waals surface area contributed by atoms with Crippen molar-refractivity contribution < 1.29 is 9.59 Å². The molecule has 92 valence electrons. The number of Topliss-reactive ketones (excluding diaryl/α,β-unsaturated/α-hetero) is 2. The summed E-state index contributed by atoms with van der Waals surface area (Å²) in [6.07, 6.45) is 2.56. The van der Waals surface area contributed by atoms with Gasteiger partial charge in [0.25, 0.3) is 0 Å². The van der Waals surface area contributed by atoms with Crippen LogP contribution in [0.5, 0.6) is 0 Å². The Labute approximate surface area is 103 Å². The second-order valence-electron chi connectivity index (χ2n) is 4.59. The van der Waals surface area contributed by atoms with Crippen molar-refractivity contribution in [1.82, 2.24) is 0 Å². The molecule has 1 rings (SSSR count). The predicted octanol–water partition coefficient (Wildman–Crippen LogP) is 3.19. The molecule has 1 unspecified atom stereocenters. The van der Waals surface area contributed by atoms with Crippen molar-refractivity contribution in [2.45, 2.75) is 39.5 Å². The van der Waals surface area contributed by atoms with Gasteiger partial charge in [0.2, 0.25) is 0 Å².